The Morgan fingerprint density at radius 2 is 1.97 bits per heavy atom. The van der Waals surface area contributed by atoms with E-state index in [4.69, 9.17) is 37.4 Å². The third-order valence-corrected chi connectivity index (χ3v) is 5.89. The molecule has 0 radical (unpaired) electrons. The normalized spacial score (nSPS) is 13.1. The largest absolute Gasteiger partial charge is 0.469 e. The van der Waals surface area contributed by atoms with Crippen molar-refractivity contribution in [1.82, 2.24) is 4.57 Å². The Morgan fingerprint density at radius 1 is 1.21 bits per heavy atom. The van der Waals surface area contributed by atoms with Crippen molar-refractivity contribution in [2.75, 3.05) is 13.9 Å². The summed E-state index contributed by atoms with van der Waals surface area (Å²) < 4.78 is 18.2. The van der Waals surface area contributed by atoms with E-state index in [9.17, 15) is 9.59 Å². The molecule has 1 amide bonds. The number of hydrogen-bond acceptors (Lipinski definition) is 6. The average Bonchev–Trinajstić information content (AvgIpc) is 3.27. The number of carbonyl (C=O) groups is 2. The molecule has 150 valence electrons. The highest BCUT2D eigenvalue weighted by Gasteiger charge is 2.19. The van der Waals surface area contributed by atoms with Crippen LogP contribution in [0.25, 0.3) is 10.2 Å². The second-order valence-electron chi connectivity index (χ2n) is 6.08. The lowest BCUT2D eigenvalue weighted by Crippen LogP contribution is -2.19. The molecule has 4 rings (SSSR count). The van der Waals surface area contributed by atoms with E-state index in [1.165, 1.54) is 30.6 Å². The van der Waals surface area contributed by atoms with Crippen LogP contribution in [0.2, 0.25) is 10.0 Å². The van der Waals surface area contributed by atoms with Gasteiger partial charge in [-0.15, -0.1) is 0 Å². The predicted molar refractivity (Wildman–Crippen MR) is 109 cm³/mol. The van der Waals surface area contributed by atoms with Gasteiger partial charge in [-0.2, -0.15) is 4.99 Å². The fraction of sp³-hybridized carbons (Fsp3) is 0.211. The van der Waals surface area contributed by atoms with E-state index >= 15 is 0 Å². The van der Waals surface area contributed by atoms with Crippen molar-refractivity contribution >= 4 is 56.6 Å². The molecule has 1 aromatic heterocycles. The van der Waals surface area contributed by atoms with Crippen molar-refractivity contribution in [1.29, 1.82) is 0 Å². The topological polar surface area (TPSA) is 79.1 Å². The molecule has 2 heterocycles. The van der Waals surface area contributed by atoms with Gasteiger partial charge in [-0.3, -0.25) is 9.59 Å². The number of aryl methyl sites for hydroxylation is 1. The molecular formula is C19H14Cl2N2O5S. The first-order valence-corrected chi connectivity index (χ1v) is 10.1. The Balaban J connectivity index is 1.82. The van der Waals surface area contributed by atoms with E-state index in [1.807, 2.05) is 12.1 Å². The van der Waals surface area contributed by atoms with E-state index in [0.717, 1.165) is 10.2 Å². The SMILES string of the molecule is COC(=O)CCn1c(=NC(=O)c2ccc(Cl)cc2Cl)sc2cc3c(cc21)OCO3. The number of halogens is 2. The van der Waals surface area contributed by atoms with E-state index in [-0.39, 0.29) is 36.3 Å². The summed E-state index contributed by atoms with van der Waals surface area (Å²) in [6, 6.07) is 8.23. The zero-order valence-electron chi connectivity index (χ0n) is 15.1. The zero-order chi connectivity index (χ0) is 20.5. The van der Waals surface area contributed by atoms with Crippen LogP contribution in [0.4, 0.5) is 0 Å². The minimum Gasteiger partial charge on any atom is -0.469 e. The quantitative estimate of drug-likeness (QED) is 0.558. The van der Waals surface area contributed by atoms with Gasteiger partial charge in [0.1, 0.15) is 0 Å². The van der Waals surface area contributed by atoms with Crippen LogP contribution in [0.15, 0.2) is 35.3 Å². The summed E-state index contributed by atoms with van der Waals surface area (Å²) in [5.74, 6) is 0.346. The number of amides is 1. The monoisotopic (exact) mass is 452 g/mol. The second kappa shape index (κ2) is 8.06. The fourth-order valence-electron chi connectivity index (χ4n) is 2.88. The van der Waals surface area contributed by atoms with Crippen LogP contribution in [0.1, 0.15) is 16.8 Å². The summed E-state index contributed by atoms with van der Waals surface area (Å²) in [4.78, 5) is 29.1. The average molecular weight is 453 g/mol. The smallest absolute Gasteiger partial charge is 0.307 e. The lowest BCUT2D eigenvalue weighted by atomic mass is 10.2. The number of aromatic nitrogens is 1. The number of thiazole rings is 1. The van der Waals surface area contributed by atoms with E-state index < -0.39 is 5.91 Å². The second-order valence-corrected chi connectivity index (χ2v) is 7.93. The Bertz CT molecular complexity index is 1200. The van der Waals surface area contributed by atoms with Crippen LogP contribution in [0, 0.1) is 0 Å². The van der Waals surface area contributed by atoms with Gasteiger partial charge in [0.25, 0.3) is 5.91 Å². The third-order valence-electron chi connectivity index (χ3n) is 4.30. The molecule has 3 aromatic rings. The molecule has 0 spiro atoms. The van der Waals surface area contributed by atoms with Crippen LogP contribution >= 0.6 is 34.5 Å². The van der Waals surface area contributed by atoms with Crippen molar-refractivity contribution < 1.29 is 23.8 Å². The molecule has 2 aromatic carbocycles. The summed E-state index contributed by atoms with van der Waals surface area (Å²) in [7, 11) is 1.33. The summed E-state index contributed by atoms with van der Waals surface area (Å²) >= 11 is 13.3. The molecule has 1 aliphatic heterocycles. The summed E-state index contributed by atoms with van der Waals surface area (Å²) in [6.07, 6.45) is 0.125. The van der Waals surface area contributed by atoms with Gasteiger partial charge in [0, 0.05) is 23.7 Å². The first-order chi connectivity index (χ1) is 14.0. The number of benzene rings is 2. The van der Waals surface area contributed by atoms with Crippen molar-refractivity contribution in [2.45, 2.75) is 13.0 Å². The molecule has 10 heteroatoms. The number of rotatable bonds is 4. The van der Waals surface area contributed by atoms with E-state index in [1.54, 1.807) is 10.6 Å². The number of methoxy groups -OCH3 is 1. The molecular weight excluding hydrogens is 439 g/mol. The predicted octanol–water partition coefficient (Wildman–Crippen LogP) is 4.04. The molecule has 0 unspecified atom stereocenters. The van der Waals surface area contributed by atoms with E-state index in [2.05, 4.69) is 4.99 Å². The van der Waals surface area contributed by atoms with Gasteiger partial charge >= 0.3 is 5.97 Å². The van der Waals surface area contributed by atoms with Gasteiger partial charge in [-0.05, 0) is 18.2 Å². The Hall–Kier alpha value is -2.55. The number of nitrogens with zero attached hydrogens (tertiary/aromatic N) is 2. The highest BCUT2D eigenvalue weighted by atomic mass is 35.5. The Morgan fingerprint density at radius 3 is 2.69 bits per heavy atom. The molecule has 7 nitrogen and oxygen atoms in total. The van der Waals surface area contributed by atoms with Gasteiger partial charge in [0.05, 0.1) is 34.3 Å². The summed E-state index contributed by atoms with van der Waals surface area (Å²) in [6.45, 7) is 0.437. The van der Waals surface area contributed by atoms with E-state index in [0.29, 0.717) is 21.3 Å². The maximum atomic E-state index is 12.7. The van der Waals surface area contributed by atoms with Gasteiger partial charge < -0.3 is 18.8 Å². The maximum Gasteiger partial charge on any atom is 0.307 e. The van der Waals surface area contributed by atoms with Crippen molar-refractivity contribution in [2.24, 2.45) is 4.99 Å². The minimum atomic E-state index is -0.509. The molecule has 0 saturated carbocycles. The maximum absolute atomic E-state index is 12.7. The first kappa shape index (κ1) is 19.8. The Kier molecular flexibility index (Phi) is 5.49. The standard InChI is InChI=1S/C19H14Cl2N2O5S/c1-26-17(24)4-5-23-13-7-14-15(28-9-27-14)8-16(13)29-19(23)22-18(25)11-3-2-10(20)6-12(11)21/h2-3,6-8H,4-5,9H2,1H3. The number of esters is 1. The van der Waals surface area contributed by atoms with Crippen LogP contribution in [0.3, 0.4) is 0 Å². The Labute approximate surface area is 179 Å². The minimum absolute atomic E-state index is 0.125. The summed E-state index contributed by atoms with van der Waals surface area (Å²) in [5.41, 5.74) is 1.01. The highest BCUT2D eigenvalue weighted by molar-refractivity contribution is 7.16. The van der Waals surface area contributed by atoms with Crippen LogP contribution < -0.4 is 14.3 Å². The molecule has 0 aliphatic carbocycles. The van der Waals surface area contributed by atoms with Crippen LogP contribution in [0.5, 0.6) is 11.5 Å². The van der Waals surface area contributed by atoms with Gasteiger partial charge in [-0.1, -0.05) is 34.5 Å². The van der Waals surface area contributed by atoms with Gasteiger partial charge in [-0.25, -0.2) is 0 Å². The molecule has 29 heavy (non-hydrogen) atoms. The fourth-order valence-corrected chi connectivity index (χ4v) is 4.43. The van der Waals surface area contributed by atoms with Crippen molar-refractivity contribution in [3.05, 3.63) is 50.7 Å². The van der Waals surface area contributed by atoms with Crippen LogP contribution in [-0.4, -0.2) is 30.3 Å². The van der Waals surface area contributed by atoms with Gasteiger partial charge in [0.15, 0.2) is 16.3 Å². The van der Waals surface area contributed by atoms with Crippen molar-refractivity contribution in [3.8, 4) is 11.5 Å². The highest BCUT2D eigenvalue weighted by Crippen LogP contribution is 2.37. The summed E-state index contributed by atoms with van der Waals surface area (Å²) in [5, 5.41) is 0.644. The van der Waals surface area contributed by atoms with Crippen molar-refractivity contribution in [3.63, 3.8) is 0 Å². The first-order valence-electron chi connectivity index (χ1n) is 8.50. The lowest BCUT2D eigenvalue weighted by Gasteiger charge is -2.05. The molecule has 0 saturated heterocycles. The number of fused-ring (bicyclic) bond motifs is 2. The molecule has 0 bridgehead atoms. The lowest BCUT2D eigenvalue weighted by molar-refractivity contribution is -0.140. The molecule has 0 atom stereocenters. The number of ether oxygens (including phenoxy) is 3. The number of hydrogen-bond donors (Lipinski definition) is 0. The van der Waals surface area contributed by atoms with Crippen LogP contribution in [-0.2, 0) is 16.1 Å². The van der Waals surface area contributed by atoms with Gasteiger partial charge in [0.2, 0.25) is 6.79 Å². The third kappa shape index (κ3) is 3.96. The number of carbonyl (C=O) groups excluding carboxylic acids is 2. The molecule has 1 aliphatic rings. The molecule has 0 fully saturated rings. The zero-order valence-corrected chi connectivity index (χ0v) is 17.4. The molecule has 0 N–H and O–H groups in total.